The van der Waals surface area contributed by atoms with Crippen LogP contribution in [0.25, 0.3) is 0 Å². The van der Waals surface area contributed by atoms with Gasteiger partial charge in [-0.2, -0.15) is 0 Å². The Morgan fingerprint density at radius 3 is 2.55 bits per heavy atom. The van der Waals surface area contributed by atoms with E-state index in [1.807, 2.05) is 24.3 Å². The molecule has 4 heteroatoms. The average Bonchev–Trinajstić information content (AvgIpc) is 2.48. The summed E-state index contributed by atoms with van der Waals surface area (Å²) in [7, 11) is 1.69. The van der Waals surface area contributed by atoms with Gasteiger partial charge in [0, 0.05) is 38.2 Å². The highest BCUT2D eigenvalue weighted by Gasteiger charge is 1.94. The molecule has 0 aromatic heterocycles. The van der Waals surface area contributed by atoms with Crippen molar-refractivity contribution in [3.8, 4) is 17.6 Å². The summed E-state index contributed by atoms with van der Waals surface area (Å²) < 4.78 is 15.9. The van der Waals surface area contributed by atoms with Gasteiger partial charge in [-0.3, -0.25) is 0 Å². The van der Waals surface area contributed by atoms with Crippen LogP contribution in [-0.4, -0.2) is 39.4 Å². The van der Waals surface area contributed by atoms with E-state index in [1.165, 1.54) is 0 Å². The van der Waals surface area contributed by atoms with E-state index in [2.05, 4.69) is 11.8 Å². The van der Waals surface area contributed by atoms with E-state index in [9.17, 15) is 0 Å². The Hall–Kier alpha value is -1.21. The van der Waals surface area contributed by atoms with Gasteiger partial charge in [-0.1, -0.05) is 11.8 Å². The summed E-state index contributed by atoms with van der Waals surface area (Å²) >= 11 is 5.56. The summed E-state index contributed by atoms with van der Waals surface area (Å²) in [5.74, 6) is 7.43. The van der Waals surface area contributed by atoms with Crippen LogP contribution in [0.3, 0.4) is 0 Å². The maximum absolute atomic E-state index is 5.57. The molecule has 1 aromatic rings. The number of hydrogen-bond acceptors (Lipinski definition) is 3. The molecule has 0 saturated carbocycles. The van der Waals surface area contributed by atoms with E-state index in [1.54, 1.807) is 7.11 Å². The monoisotopic (exact) mass is 296 g/mol. The Labute approximate surface area is 126 Å². The molecule has 0 spiro atoms. The maximum Gasteiger partial charge on any atom is 0.119 e. The molecule has 0 bridgehead atoms. The summed E-state index contributed by atoms with van der Waals surface area (Å²) in [4.78, 5) is 0. The van der Waals surface area contributed by atoms with Gasteiger partial charge in [0.1, 0.15) is 12.4 Å². The van der Waals surface area contributed by atoms with Gasteiger partial charge in [-0.25, -0.2) is 0 Å². The maximum atomic E-state index is 5.57. The fraction of sp³-hybridized carbons (Fsp3) is 0.500. The zero-order valence-electron chi connectivity index (χ0n) is 11.9. The van der Waals surface area contributed by atoms with Crippen molar-refractivity contribution in [2.45, 2.75) is 12.8 Å². The number of methoxy groups -OCH3 is 1. The second-order valence-corrected chi connectivity index (χ2v) is 4.45. The molecule has 3 nitrogen and oxygen atoms in total. The van der Waals surface area contributed by atoms with E-state index < -0.39 is 0 Å². The van der Waals surface area contributed by atoms with Crippen molar-refractivity contribution in [3.63, 3.8) is 0 Å². The molecule has 0 amide bonds. The van der Waals surface area contributed by atoms with Crippen molar-refractivity contribution in [2.75, 3.05) is 39.4 Å². The van der Waals surface area contributed by atoms with Crippen LogP contribution in [0.4, 0.5) is 0 Å². The number of rotatable bonds is 9. The van der Waals surface area contributed by atoms with Gasteiger partial charge in [-0.05, 0) is 30.7 Å². The molecule has 0 unspecified atom stereocenters. The third-order valence-corrected chi connectivity index (χ3v) is 2.63. The Balaban J connectivity index is 2.17. The molecule has 0 N–H and O–H groups in total. The van der Waals surface area contributed by atoms with E-state index in [-0.39, 0.29) is 0 Å². The number of alkyl halides is 1. The lowest BCUT2D eigenvalue weighted by atomic mass is 10.2. The van der Waals surface area contributed by atoms with Crippen LogP contribution < -0.4 is 4.74 Å². The minimum absolute atomic E-state index is 0.546. The highest BCUT2D eigenvalue weighted by Crippen LogP contribution is 2.11. The Morgan fingerprint density at radius 1 is 1.05 bits per heavy atom. The average molecular weight is 297 g/mol. The third-order valence-electron chi connectivity index (χ3n) is 2.44. The van der Waals surface area contributed by atoms with Crippen LogP contribution in [0, 0.1) is 11.8 Å². The van der Waals surface area contributed by atoms with Gasteiger partial charge in [0.05, 0.1) is 6.61 Å². The molecule has 20 heavy (non-hydrogen) atoms. The van der Waals surface area contributed by atoms with Gasteiger partial charge < -0.3 is 14.2 Å². The van der Waals surface area contributed by atoms with Gasteiger partial charge in [0.25, 0.3) is 0 Å². The topological polar surface area (TPSA) is 27.7 Å². The molecule has 110 valence electrons. The summed E-state index contributed by atoms with van der Waals surface area (Å²) in [5, 5.41) is 0. The molecule has 0 aliphatic rings. The lowest BCUT2D eigenvalue weighted by Crippen LogP contribution is -2.08. The second-order valence-electron chi connectivity index (χ2n) is 4.07. The number of ether oxygens (including phenoxy) is 3. The van der Waals surface area contributed by atoms with E-state index in [0.717, 1.165) is 24.3 Å². The SMILES string of the molecule is COCCCOCCOc1ccc(C#CCCCl)cc1. The van der Waals surface area contributed by atoms with Gasteiger partial charge in [-0.15, -0.1) is 11.6 Å². The quantitative estimate of drug-likeness (QED) is 0.398. The number of halogens is 1. The van der Waals surface area contributed by atoms with Crippen molar-refractivity contribution < 1.29 is 14.2 Å². The Bertz CT molecular complexity index is 406. The highest BCUT2D eigenvalue weighted by molar-refractivity contribution is 6.18. The first-order chi connectivity index (χ1) is 9.86. The summed E-state index contributed by atoms with van der Waals surface area (Å²) in [5.41, 5.74) is 0.971. The molecule has 0 fully saturated rings. The standard InChI is InChI=1S/C16H21ClO3/c1-18-11-4-12-19-13-14-20-16-8-6-15(7-9-16)5-2-3-10-17/h6-9H,3-4,10-14H2,1H3. The van der Waals surface area contributed by atoms with Crippen molar-refractivity contribution in [1.82, 2.24) is 0 Å². The van der Waals surface area contributed by atoms with Crippen LogP contribution in [-0.2, 0) is 9.47 Å². The summed E-state index contributed by atoms with van der Waals surface area (Å²) in [6.07, 6.45) is 1.62. The van der Waals surface area contributed by atoms with Crippen LogP contribution in [0.15, 0.2) is 24.3 Å². The molecule has 0 aliphatic carbocycles. The highest BCUT2D eigenvalue weighted by atomic mass is 35.5. The predicted octanol–water partition coefficient (Wildman–Crippen LogP) is 3.10. The van der Waals surface area contributed by atoms with E-state index in [0.29, 0.717) is 32.1 Å². The summed E-state index contributed by atoms with van der Waals surface area (Å²) in [6, 6.07) is 7.71. The Morgan fingerprint density at radius 2 is 1.85 bits per heavy atom. The zero-order valence-corrected chi connectivity index (χ0v) is 12.6. The van der Waals surface area contributed by atoms with Crippen molar-refractivity contribution >= 4 is 11.6 Å². The van der Waals surface area contributed by atoms with E-state index in [4.69, 9.17) is 25.8 Å². The van der Waals surface area contributed by atoms with Crippen molar-refractivity contribution in [2.24, 2.45) is 0 Å². The Kier molecular flexibility index (Phi) is 9.77. The van der Waals surface area contributed by atoms with E-state index >= 15 is 0 Å². The molecule has 0 aliphatic heterocycles. The first-order valence-corrected chi connectivity index (χ1v) is 7.24. The minimum Gasteiger partial charge on any atom is -0.491 e. The van der Waals surface area contributed by atoms with Gasteiger partial charge in [0.15, 0.2) is 0 Å². The normalized spacial score (nSPS) is 9.90. The zero-order chi connectivity index (χ0) is 14.5. The third kappa shape index (κ3) is 8.06. The lowest BCUT2D eigenvalue weighted by Gasteiger charge is -2.07. The van der Waals surface area contributed by atoms with Crippen LogP contribution in [0.2, 0.25) is 0 Å². The van der Waals surface area contributed by atoms with Crippen molar-refractivity contribution in [3.05, 3.63) is 29.8 Å². The van der Waals surface area contributed by atoms with Crippen LogP contribution in [0.5, 0.6) is 5.75 Å². The van der Waals surface area contributed by atoms with Crippen LogP contribution in [0.1, 0.15) is 18.4 Å². The number of hydrogen-bond donors (Lipinski definition) is 0. The molecule has 0 atom stereocenters. The summed E-state index contributed by atoms with van der Waals surface area (Å²) in [6.45, 7) is 2.56. The second kappa shape index (κ2) is 11.6. The van der Waals surface area contributed by atoms with Gasteiger partial charge in [0.2, 0.25) is 0 Å². The number of benzene rings is 1. The first-order valence-electron chi connectivity index (χ1n) is 6.71. The van der Waals surface area contributed by atoms with Gasteiger partial charge >= 0.3 is 0 Å². The fourth-order valence-corrected chi connectivity index (χ4v) is 1.57. The minimum atomic E-state index is 0.546. The molecule has 0 saturated heterocycles. The molecular formula is C16H21ClO3. The van der Waals surface area contributed by atoms with Crippen molar-refractivity contribution in [1.29, 1.82) is 0 Å². The van der Waals surface area contributed by atoms with Crippen LogP contribution >= 0.6 is 11.6 Å². The molecular weight excluding hydrogens is 276 g/mol. The predicted molar refractivity (Wildman–Crippen MR) is 81.5 cm³/mol. The molecule has 1 aromatic carbocycles. The lowest BCUT2D eigenvalue weighted by molar-refractivity contribution is 0.0806. The smallest absolute Gasteiger partial charge is 0.119 e. The fourth-order valence-electron chi connectivity index (χ4n) is 1.47. The largest absolute Gasteiger partial charge is 0.491 e. The first kappa shape index (κ1) is 16.8. The molecule has 0 radical (unpaired) electrons. The molecule has 1 rings (SSSR count). The molecule has 0 heterocycles.